The molecule has 96 valence electrons. The number of benzene rings is 1. The lowest BCUT2D eigenvalue weighted by atomic mass is 10.1. The van der Waals surface area contributed by atoms with Crippen LogP contribution < -0.4 is 5.32 Å². The van der Waals surface area contributed by atoms with Gasteiger partial charge in [0.15, 0.2) is 0 Å². The van der Waals surface area contributed by atoms with E-state index in [1.54, 1.807) is 0 Å². The summed E-state index contributed by atoms with van der Waals surface area (Å²) >= 11 is 0. The highest BCUT2D eigenvalue weighted by molar-refractivity contribution is 5.99. The van der Waals surface area contributed by atoms with Crippen LogP contribution >= 0.6 is 0 Å². The molecule has 0 fully saturated rings. The molecule has 0 atom stereocenters. The van der Waals surface area contributed by atoms with Crippen LogP contribution in [0.25, 0.3) is 0 Å². The van der Waals surface area contributed by atoms with Gasteiger partial charge in [0, 0.05) is 6.54 Å². The number of amides is 1. The number of rotatable bonds is 4. The molecule has 0 saturated heterocycles. The van der Waals surface area contributed by atoms with Gasteiger partial charge in [0.25, 0.3) is 5.91 Å². The van der Waals surface area contributed by atoms with Gasteiger partial charge < -0.3 is 15.5 Å². The molecular weight excluding hydrogens is 230 g/mol. The third-order valence-electron chi connectivity index (χ3n) is 3.11. The number of hydrogen-bond acceptors (Lipinski definition) is 3. The summed E-state index contributed by atoms with van der Waals surface area (Å²) in [6.07, 6.45) is 6.48. The number of aromatic hydroxyl groups is 2. The minimum absolute atomic E-state index is 0.0575. The second kappa shape index (κ2) is 5.58. The van der Waals surface area contributed by atoms with Crippen molar-refractivity contribution in [3.63, 3.8) is 0 Å². The van der Waals surface area contributed by atoms with Crippen molar-refractivity contribution in [3.05, 3.63) is 35.4 Å². The molecule has 0 heterocycles. The first-order valence-electron chi connectivity index (χ1n) is 6.15. The van der Waals surface area contributed by atoms with E-state index in [9.17, 15) is 15.0 Å². The number of nitrogens with one attached hydrogen (secondary N) is 1. The predicted octanol–water partition coefficient (Wildman–Crippen LogP) is 2.33. The fourth-order valence-corrected chi connectivity index (χ4v) is 2.15. The second-order valence-electron chi connectivity index (χ2n) is 4.43. The first-order valence-corrected chi connectivity index (χ1v) is 6.15. The van der Waals surface area contributed by atoms with Crippen molar-refractivity contribution in [1.29, 1.82) is 0 Å². The molecule has 3 N–H and O–H groups in total. The lowest BCUT2D eigenvalue weighted by Gasteiger charge is -2.08. The average Bonchev–Trinajstić information content (AvgIpc) is 2.82. The minimum Gasteiger partial charge on any atom is -0.507 e. The summed E-state index contributed by atoms with van der Waals surface area (Å²) in [5, 5.41) is 21.8. The highest BCUT2D eigenvalue weighted by atomic mass is 16.3. The highest BCUT2D eigenvalue weighted by Gasteiger charge is 2.15. The fraction of sp³-hybridized carbons (Fsp3) is 0.357. The molecule has 0 aliphatic heterocycles. The Hall–Kier alpha value is -1.97. The zero-order valence-corrected chi connectivity index (χ0v) is 10.1. The van der Waals surface area contributed by atoms with E-state index in [0.29, 0.717) is 6.54 Å². The van der Waals surface area contributed by atoms with E-state index in [1.165, 1.54) is 30.2 Å². The van der Waals surface area contributed by atoms with Crippen LogP contribution in [0.4, 0.5) is 0 Å². The Balaban J connectivity index is 1.91. The molecule has 1 aliphatic rings. The van der Waals surface area contributed by atoms with Gasteiger partial charge in [-0.1, -0.05) is 17.7 Å². The van der Waals surface area contributed by atoms with Gasteiger partial charge in [-0.05, 0) is 37.8 Å². The molecule has 0 saturated carbocycles. The summed E-state index contributed by atoms with van der Waals surface area (Å²) < 4.78 is 0. The van der Waals surface area contributed by atoms with Crippen LogP contribution in [0.5, 0.6) is 11.5 Å². The van der Waals surface area contributed by atoms with E-state index in [-0.39, 0.29) is 17.1 Å². The van der Waals surface area contributed by atoms with Gasteiger partial charge in [0.1, 0.15) is 17.1 Å². The van der Waals surface area contributed by atoms with Gasteiger partial charge in [0.05, 0.1) is 0 Å². The van der Waals surface area contributed by atoms with Gasteiger partial charge in [0.2, 0.25) is 0 Å². The van der Waals surface area contributed by atoms with Crippen LogP contribution in [-0.4, -0.2) is 22.7 Å². The third kappa shape index (κ3) is 2.83. The van der Waals surface area contributed by atoms with Crippen LogP contribution in [0.15, 0.2) is 29.8 Å². The molecule has 2 rings (SSSR count). The number of phenols is 2. The quantitative estimate of drug-likeness (QED) is 0.715. The molecule has 4 nitrogen and oxygen atoms in total. The Morgan fingerprint density at radius 2 is 2.00 bits per heavy atom. The lowest BCUT2D eigenvalue weighted by molar-refractivity contribution is 0.0948. The normalized spacial score (nSPS) is 14.3. The fourth-order valence-electron chi connectivity index (χ4n) is 2.15. The largest absolute Gasteiger partial charge is 0.507 e. The number of carbonyl (C=O) groups excluding carboxylic acids is 1. The van der Waals surface area contributed by atoms with Gasteiger partial charge in [-0.3, -0.25) is 4.79 Å². The average molecular weight is 247 g/mol. The summed E-state index contributed by atoms with van der Waals surface area (Å²) in [7, 11) is 0. The van der Waals surface area contributed by atoms with Crippen LogP contribution in [0.1, 0.15) is 36.0 Å². The van der Waals surface area contributed by atoms with Gasteiger partial charge in [-0.25, -0.2) is 0 Å². The van der Waals surface area contributed by atoms with Crippen LogP contribution in [0.2, 0.25) is 0 Å². The maximum atomic E-state index is 11.8. The summed E-state index contributed by atoms with van der Waals surface area (Å²) in [6.45, 7) is 0.526. The summed E-state index contributed by atoms with van der Waals surface area (Å²) in [5.41, 5.74) is 1.31. The van der Waals surface area contributed by atoms with Crippen molar-refractivity contribution >= 4 is 5.91 Å². The summed E-state index contributed by atoms with van der Waals surface area (Å²) in [4.78, 5) is 11.8. The van der Waals surface area contributed by atoms with Crippen LogP contribution in [0, 0.1) is 0 Å². The zero-order chi connectivity index (χ0) is 13.0. The Kier molecular flexibility index (Phi) is 3.87. The minimum atomic E-state index is -0.441. The topological polar surface area (TPSA) is 69.6 Å². The molecule has 0 bridgehead atoms. The van der Waals surface area contributed by atoms with Crippen molar-refractivity contribution < 1.29 is 15.0 Å². The van der Waals surface area contributed by atoms with Crippen LogP contribution in [-0.2, 0) is 0 Å². The standard InChI is InChI=1S/C14H17NO3/c16-11-6-3-7-12(17)13(11)14(18)15-9-8-10-4-1-2-5-10/h3-4,6-7,16-17H,1-2,5,8-9H2,(H,15,18). The number of phenolic OH excluding ortho intramolecular Hbond substituents is 2. The van der Waals surface area contributed by atoms with Crippen molar-refractivity contribution in [1.82, 2.24) is 5.32 Å². The number of carbonyl (C=O) groups is 1. The van der Waals surface area contributed by atoms with Gasteiger partial charge >= 0.3 is 0 Å². The molecule has 1 aliphatic carbocycles. The highest BCUT2D eigenvalue weighted by Crippen LogP contribution is 2.26. The summed E-state index contributed by atoms with van der Waals surface area (Å²) in [6, 6.07) is 4.26. The predicted molar refractivity (Wildman–Crippen MR) is 68.7 cm³/mol. The zero-order valence-electron chi connectivity index (χ0n) is 10.1. The Bertz CT molecular complexity index is 460. The van der Waals surface area contributed by atoms with E-state index in [1.807, 2.05) is 0 Å². The van der Waals surface area contributed by atoms with E-state index in [2.05, 4.69) is 11.4 Å². The molecule has 4 heteroatoms. The maximum absolute atomic E-state index is 11.8. The first-order chi connectivity index (χ1) is 8.68. The molecule has 1 amide bonds. The molecule has 1 aromatic rings. The monoisotopic (exact) mass is 247 g/mol. The Labute approximate surface area is 106 Å². The first kappa shape index (κ1) is 12.5. The Morgan fingerprint density at radius 3 is 2.61 bits per heavy atom. The van der Waals surface area contributed by atoms with Gasteiger partial charge in [-0.2, -0.15) is 0 Å². The van der Waals surface area contributed by atoms with Crippen LogP contribution in [0.3, 0.4) is 0 Å². The number of hydrogen-bond donors (Lipinski definition) is 3. The molecule has 0 unspecified atom stereocenters. The smallest absolute Gasteiger partial charge is 0.258 e. The van der Waals surface area contributed by atoms with E-state index >= 15 is 0 Å². The van der Waals surface area contributed by atoms with Crippen molar-refractivity contribution in [2.45, 2.75) is 25.7 Å². The lowest BCUT2D eigenvalue weighted by Crippen LogP contribution is -2.24. The van der Waals surface area contributed by atoms with Crippen molar-refractivity contribution in [2.75, 3.05) is 6.54 Å². The van der Waals surface area contributed by atoms with E-state index < -0.39 is 5.91 Å². The van der Waals surface area contributed by atoms with Crippen molar-refractivity contribution in [3.8, 4) is 11.5 Å². The molecule has 18 heavy (non-hydrogen) atoms. The van der Waals surface area contributed by atoms with E-state index in [0.717, 1.165) is 19.3 Å². The SMILES string of the molecule is O=C(NCCC1=CCCC1)c1c(O)cccc1O. The molecule has 0 aromatic heterocycles. The molecule has 0 radical (unpaired) electrons. The molecule has 1 aromatic carbocycles. The Morgan fingerprint density at radius 1 is 1.28 bits per heavy atom. The van der Waals surface area contributed by atoms with Gasteiger partial charge in [-0.15, -0.1) is 0 Å². The number of allylic oxidation sites excluding steroid dienone is 1. The summed E-state index contributed by atoms with van der Waals surface area (Å²) in [5.74, 6) is -0.843. The van der Waals surface area contributed by atoms with Crippen molar-refractivity contribution in [2.24, 2.45) is 0 Å². The molecular formula is C14H17NO3. The second-order valence-corrected chi connectivity index (χ2v) is 4.43. The molecule has 0 spiro atoms. The third-order valence-corrected chi connectivity index (χ3v) is 3.11. The van der Waals surface area contributed by atoms with E-state index in [4.69, 9.17) is 0 Å². The maximum Gasteiger partial charge on any atom is 0.258 e.